The van der Waals surface area contributed by atoms with Gasteiger partial charge in [0.05, 0.1) is 6.61 Å². The van der Waals surface area contributed by atoms with Gasteiger partial charge < -0.3 is 35.2 Å². The molecule has 0 radical (unpaired) electrons. The van der Waals surface area contributed by atoms with E-state index in [2.05, 4.69) is 5.32 Å². The van der Waals surface area contributed by atoms with Crippen molar-refractivity contribution in [3.8, 4) is 0 Å². The van der Waals surface area contributed by atoms with Crippen LogP contribution in [0.15, 0.2) is 0 Å². The van der Waals surface area contributed by atoms with Crippen molar-refractivity contribution in [1.29, 1.82) is 0 Å². The number of hydrogen-bond donors (Lipinski definition) is 5. The summed E-state index contributed by atoms with van der Waals surface area (Å²) in [5.74, 6) is -1.77. The van der Waals surface area contributed by atoms with Crippen molar-refractivity contribution in [3.05, 3.63) is 0 Å². The third-order valence-corrected chi connectivity index (χ3v) is 2.95. The second kappa shape index (κ2) is 6.95. The monoisotopic (exact) mass is 293 g/mol. The normalized spacial score (nSPS) is 35.4. The number of amides is 1. The molecule has 0 saturated carbocycles. The number of carboxylic acid groups (broad SMARTS) is 1. The maximum Gasteiger partial charge on any atom is 0.332 e. The fourth-order valence-corrected chi connectivity index (χ4v) is 1.93. The van der Waals surface area contributed by atoms with Gasteiger partial charge in [-0.15, -0.1) is 0 Å². The zero-order valence-corrected chi connectivity index (χ0v) is 11.1. The van der Waals surface area contributed by atoms with Gasteiger partial charge in [0, 0.05) is 6.92 Å². The van der Waals surface area contributed by atoms with Crippen LogP contribution in [0.2, 0.25) is 0 Å². The van der Waals surface area contributed by atoms with E-state index in [9.17, 15) is 19.8 Å². The quantitative estimate of drug-likeness (QED) is 0.371. The van der Waals surface area contributed by atoms with Crippen molar-refractivity contribution in [2.75, 3.05) is 6.61 Å². The number of aliphatic hydroxyl groups excluding tert-OH is 3. The highest BCUT2D eigenvalue weighted by molar-refractivity contribution is 5.73. The minimum absolute atomic E-state index is 0.510. The third kappa shape index (κ3) is 3.87. The van der Waals surface area contributed by atoms with Gasteiger partial charge >= 0.3 is 5.97 Å². The van der Waals surface area contributed by atoms with E-state index in [1.165, 1.54) is 13.8 Å². The Labute approximate surface area is 115 Å². The largest absolute Gasteiger partial charge is 0.479 e. The lowest BCUT2D eigenvalue weighted by molar-refractivity contribution is -0.267. The van der Waals surface area contributed by atoms with E-state index in [1.807, 2.05) is 0 Å². The average molecular weight is 293 g/mol. The standard InChI is InChI=1S/C11H19NO8/c1-4(10(16)17)19-9-7(12-5(2)14)11(18)20-6(3-13)8(9)15/h4,6-9,11,13,15,18H,3H2,1-2H3,(H,12,14)(H,16,17)/t4-,6-,7+,8+,9-,11-/m1/s1. The lowest BCUT2D eigenvalue weighted by Gasteiger charge is -2.42. The van der Waals surface area contributed by atoms with Gasteiger partial charge in [0.1, 0.15) is 24.4 Å². The molecule has 1 aliphatic heterocycles. The third-order valence-electron chi connectivity index (χ3n) is 2.95. The molecule has 20 heavy (non-hydrogen) atoms. The number of aliphatic hydroxyl groups is 3. The van der Waals surface area contributed by atoms with Gasteiger partial charge in [0.2, 0.25) is 5.91 Å². The van der Waals surface area contributed by atoms with E-state index in [-0.39, 0.29) is 0 Å². The first-order valence-electron chi connectivity index (χ1n) is 6.05. The molecule has 1 rings (SSSR count). The van der Waals surface area contributed by atoms with Gasteiger partial charge in [-0.05, 0) is 6.92 Å². The lowest BCUT2D eigenvalue weighted by Crippen LogP contribution is -2.65. The molecule has 0 aromatic heterocycles. The zero-order valence-electron chi connectivity index (χ0n) is 11.1. The van der Waals surface area contributed by atoms with E-state index >= 15 is 0 Å². The second-order valence-corrected chi connectivity index (χ2v) is 4.55. The summed E-state index contributed by atoms with van der Waals surface area (Å²) in [6.45, 7) is 1.84. The fourth-order valence-electron chi connectivity index (χ4n) is 1.93. The molecule has 116 valence electrons. The van der Waals surface area contributed by atoms with Crippen LogP contribution in [-0.2, 0) is 19.1 Å². The van der Waals surface area contributed by atoms with E-state index in [0.29, 0.717) is 0 Å². The fraction of sp³-hybridized carbons (Fsp3) is 0.818. The van der Waals surface area contributed by atoms with Crippen LogP contribution in [0.4, 0.5) is 0 Å². The summed E-state index contributed by atoms with van der Waals surface area (Å²) >= 11 is 0. The summed E-state index contributed by atoms with van der Waals surface area (Å²) in [6, 6.07) is -1.15. The van der Waals surface area contributed by atoms with Crippen LogP contribution in [0.5, 0.6) is 0 Å². The van der Waals surface area contributed by atoms with Gasteiger partial charge in [0.15, 0.2) is 12.4 Å². The Morgan fingerprint density at radius 2 is 2.00 bits per heavy atom. The van der Waals surface area contributed by atoms with Crippen LogP contribution in [0.3, 0.4) is 0 Å². The smallest absolute Gasteiger partial charge is 0.332 e. The Kier molecular flexibility index (Phi) is 5.84. The Morgan fingerprint density at radius 3 is 2.45 bits per heavy atom. The molecule has 0 bridgehead atoms. The Bertz CT molecular complexity index is 362. The molecule has 6 atom stereocenters. The van der Waals surface area contributed by atoms with E-state index in [1.54, 1.807) is 0 Å². The maximum atomic E-state index is 11.1. The molecule has 0 aliphatic carbocycles. The first-order valence-corrected chi connectivity index (χ1v) is 6.05. The molecule has 1 fully saturated rings. The molecule has 5 N–H and O–H groups in total. The predicted octanol–water partition coefficient (Wildman–Crippen LogP) is -2.58. The van der Waals surface area contributed by atoms with Crippen molar-refractivity contribution in [2.24, 2.45) is 0 Å². The van der Waals surface area contributed by atoms with Gasteiger partial charge in [-0.2, -0.15) is 0 Å². The van der Waals surface area contributed by atoms with E-state index in [4.69, 9.17) is 19.7 Å². The van der Waals surface area contributed by atoms with Crippen molar-refractivity contribution in [1.82, 2.24) is 5.32 Å². The van der Waals surface area contributed by atoms with Crippen molar-refractivity contribution in [2.45, 2.75) is 50.6 Å². The van der Waals surface area contributed by atoms with Crippen LogP contribution in [-0.4, -0.2) is 75.7 Å². The van der Waals surface area contributed by atoms with Gasteiger partial charge in [-0.25, -0.2) is 4.79 Å². The molecule has 0 spiro atoms. The highest BCUT2D eigenvalue weighted by atomic mass is 16.6. The van der Waals surface area contributed by atoms with Crippen LogP contribution >= 0.6 is 0 Å². The number of rotatable bonds is 5. The van der Waals surface area contributed by atoms with Crippen molar-refractivity contribution in [3.63, 3.8) is 0 Å². The number of carboxylic acids is 1. The number of carbonyl (C=O) groups is 2. The van der Waals surface area contributed by atoms with E-state index in [0.717, 1.165) is 0 Å². The first-order chi connectivity index (χ1) is 9.27. The summed E-state index contributed by atoms with van der Waals surface area (Å²) in [6.07, 6.45) is -6.57. The molecule has 1 saturated heterocycles. The molecule has 0 aromatic rings. The second-order valence-electron chi connectivity index (χ2n) is 4.55. The topological polar surface area (TPSA) is 146 Å². The number of nitrogens with one attached hydrogen (secondary N) is 1. The molecule has 9 heteroatoms. The summed E-state index contributed by atoms with van der Waals surface area (Å²) in [4.78, 5) is 21.9. The average Bonchev–Trinajstić information content (AvgIpc) is 2.36. The molecule has 1 aliphatic rings. The summed E-state index contributed by atoms with van der Waals surface area (Å²) in [5.41, 5.74) is 0. The molecular formula is C11H19NO8. The highest BCUT2D eigenvalue weighted by Gasteiger charge is 2.46. The minimum Gasteiger partial charge on any atom is -0.479 e. The number of hydrogen-bond acceptors (Lipinski definition) is 7. The lowest BCUT2D eigenvalue weighted by atomic mass is 9.96. The molecular weight excluding hydrogens is 274 g/mol. The van der Waals surface area contributed by atoms with Gasteiger partial charge in [-0.1, -0.05) is 0 Å². The summed E-state index contributed by atoms with van der Waals surface area (Å²) < 4.78 is 10.1. The maximum absolute atomic E-state index is 11.1. The Balaban J connectivity index is 2.92. The van der Waals surface area contributed by atoms with Crippen LogP contribution in [0.25, 0.3) is 0 Å². The summed E-state index contributed by atoms with van der Waals surface area (Å²) in [7, 11) is 0. The van der Waals surface area contributed by atoms with Crippen molar-refractivity contribution < 1.29 is 39.5 Å². The number of carbonyl (C=O) groups excluding carboxylic acids is 1. The predicted molar refractivity (Wildman–Crippen MR) is 63.5 cm³/mol. The van der Waals surface area contributed by atoms with Gasteiger partial charge in [0.25, 0.3) is 0 Å². The Hall–Kier alpha value is -1.26. The molecule has 0 aromatic carbocycles. The molecule has 1 amide bonds. The Morgan fingerprint density at radius 1 is 1.40 bits per heavy atom. The first kappa shape index (κ1) is 16.8. The van der Waals surface area contributed by atoms with Gasteiger partial charge in [-0.3, -0.25) is 4.79 Å². The van der Waals surface area contributed by atoms with E-state index < -0.39 is 55.2 Å². The van der Waals surface area contributed by atoms with Crippen LogP contribution in [0, 0.1) is 0 Å². The van der Waals surface area contributed by atoms with Crippen LogP contribution in [0.1, 0.15) is 13.8 Å². The minimum atomic E-state index is -1.54. The zero-order chi connectivity index (χ0) is 15.4. The summed E-state index contributed by atoms with van der Waals surface area (Å²) in [5, 5.41) is 40.0. The number of aliphatic carboxylic acids is 1. The molecule has 1 heterocycles. The number of ether oxygens (including phenoxy) is 2. The molecule has 9 nitrogen and oxygen atoms in total. The molecule has 0 unspecified atom stereocenters. The SMILES string of the molecule is CC(=O)N[C@H]1[C@@H](O[C@H](C)C(=O)O)[C@@H](O)[C@@H](CO)O[C@H]1O. The van der Waals surface area contributed by atoms with Crippen molar-refractivity contribution >= 4 is 11.9 Å². The van der Waals surface area contributed by atoms with Crippen LogP contribution < -0.4 is 5.32 Å². The highest BCUT2D eigenvalue weighted by Crippen LogP contribution is 2.23.